The van der Waals surface area contributed by atoms with Crippen molar-refractivity contribution in [3.8, 4) is 0 Å². The Morgan fingerprint density at radius 2 is 1.95 bits per heavy atom. The first kappa shape index (κ1) is 13.2. The van der Waals surface area contributed by atoms with Crippen molar-refractivity contribution in [2.45, 2.75) is 57.9 Å². The third-order valence-electron chi connectivity index (χ3n) is 4.87. The Bertz CT molecular complexity index is 408. The summed E-state index contributed by atoms with van der Waals surface area (Å²) in [6.07, 6.45) is 8.54. The first-order chi connectivity index (χ1) is 9.33. The van der Waals surface area contributed by atoms with Gasteiger partial charge in [-0.3, -0.25) is 0 Å². The van der Waals surface area contributed by atoms with Gasteiger partial charge in [-0.1, -0.05) is 44.0 Å². The summed E-state index contributed by atoms with van der Waals surface area (Å²) in [6.45, 7) is 4.69. The van der Waals surface area contributed by atoms with Crippen molar-refractivity contribution < 1.29 is 0 Å². The van der Waals surface area contributed by atoms with Crippen molar-refractivity contribution in [3.63, 3.8) is 0 Å². The molecule has 2 atom stereocenters. The average molecular weight is 257 g/mol. The highest BCUT2D eigenvalue weighted by molar-refractivity contribution is 5.33. The van der Waals surface area contributed by atoms with E-state index >= 15 is 0 Å². The van der Waals surface area contributed by atoms with Crippen LogP contribution in [0.3, 0.4) is 0 Å². The van der Waals surface area contributed by atoms with Gasteiger partial charge >= 0.3 is 0 Å². The Morgan fingerprint density at radius 1 is 1.11 bits per heavy atom. The van der Waals surface area contributed by atoms with Crippen LogP contribution in [0.25, 0.3) is 0 Å². The van der Waals surface area contributed by atoms with Gasteiger partial charge in [0.25, 0.3) is 0 Å². The molecule has 2 saturated carbocycles. The van der Waals surface area contributed by atoms with Gasteiger partial charge in [0.15, 0.2) is 0 Å². The van der Waals surface area contributed by atoms with Gasteiger partial charge in [0.2, 0.25) is 0 Å². The fourth-order valence-electron chi connectivity index (χ4n) is 3.64. The molecule has 1 nitrogen and oxygen atoms in total. The summed E-state index contributed by atoms with van der Waals surface area (Å²) in [4.78, 5) is 0. The number of rotatable bonds is 5. The van der Waals surface area contributed by atoms with Crippen molar-refractivity contribution in [2.75, 3.05) is 6.54 Å². The molecule has 0 amide bonds. The lowest BCUT2D eigenvalue weighted by Gasteiger charge is -2.27. The fourth-order valence-corrected chi connectivity index (χ4v) is 3.64. The molecule has 0 radical (unpaired) electrons. The molecule has 3 rings (SSSR count). The topological polar surface area (TPSA) is 12.0 Å². The van der Waals surface area contributed by atoms with Crippen LogP contribution >= 0.6 is 0 Å². The molecular formula is C18H27N. The van der Waals surface area contributed by atoms with E-state index in [2.05, 4.69) is 36.5 Å². The highest BCUT2D eigenvalue weighted by Crippen LogP contribution is 2.41. The van der Waals surface area contributed by atoms with Crippen molar-refractivity contribution in [1.82, 2.24) is 5.32 Å². The van der Waals surface area contributed by atoms with Crippen LogP contribution in [0, 0.1) is 11.8 Å². The largest absolute Gasteiger partial charge is 0.312 e. The Balaban J connectivity index is 1.49. The van der Waals surface area contributed by atoms with Gasteiger partial charge in [0, 0.05) is 6.54 Å². The Morgan fingerprint density at radius 3 is 2.74 bits per heavy atom. The molecule has 19 heavy (non-hydrogen) atoms. The predicted molar refractivity (Wildman–Crippen MR) is 81.2 cm³/mol. The van der Waals surface area contributed by atoms with E-state index in [1.807, 2.05) is 0 Å². The zero-order valence-corrected chi connectivity index (χ0v) is 12.2. The molecule has 104 valence electrons. The molecule has 1 aromatic carbocycles. The molecular weight excluding hydrogens is 230 g/mol. The smallest absolute Gasteiger partial charge is 0.0208 e. The van der Waals surface area contributed by atoms with E-state index in [4.69, 9.17) is 0 Å². The Hall–Kier alpha value is -0.820. The summed E-state index contributed by atoms with van der Waals surface area (Å²) >= 11 is 0. The summed E-state index contributed by atoms with van der Waals surface area (Å²) in [5.74, 6) is 2.73. The SMILES string of the molecule is CC1CCCC(CNCc2ccccc2C2CC2)C1. The van der Waals surface area contributed by atoms with Crippen molar-refractivity contribution in [1.29, 1.82) is 0 Å². The normalized spacial score (nSPS) is 27.4. The molecule has 0 heterocycles. The van der Waals surface area contributed by atoms with Crippen LogP contribution < -0.4 is 5.32 Å². The second kappa shape index (κ2) is 6.09. The highest BCUT2D eigenvalue weighted by Gasteiger charge is 2.25. The van der Waals surface area contributed by atoms with Crippen LogP contribution in [-0.2, 0) is 6.54 Å². The maximum atomic E-state index is 3.72. The second-order valence-corrected chi connectivity index (χ2v) is 6.74. The van der Waals surface area contributed by atoms with Crippen molar-refractivity contribution in [2.24, 2.45) is 11.8 Å². The van der Waals surface area contributed by atoms with Crippen LogP contribution in [0.15, 0.2) is 24.3 Å². The van der Waals surface area contributed by atoms with Gasteiger partial charge in [-0.2, -0.15) is 0 Å². The summed E-state index contributed by atoms with van der Waals surface area (Å²) < 4.78 is 0. The van der Waals surface area contributed by atoms with Gasteiger partial charge in [-0.25, -0.2) is 0 Å². The number of hydrogen-bond acceptors (Lipinski definition) is 1. The third-order valence-corrected chi connectivity index (χ3v) is 4.87. The van der Waals surface area contributed by atoms with Crippen molar-refractivity contribution in [3.05, 3.63) is 35.4 Å². The number of benzene rings is 1. The zero-order chi connectivity index (χ0) is 13.1. The Labute approximate surface area is 117 Å². The standard InChI is InChI=1S/C18H27N/c1-14-5-4-6-15(11-14)12-19-13-17-7-2-3-8-18(17)16-9-10-16/h2-3,7-8,14-16,19H,4-6,9-13H2,1H3. The lowest BCUT2D eigenvalue weighted by molar-refractivity contribution is 0.274. The second-order valence-electron chi connectivity index (χ2n) is 6.74. The van der Waals surface area contributed by atoms with E-state index in [9.17, 15) is 0 Å². The van der Waals surface area contributed by atoms with Gasteiger partial charge in [0.1, 0.15) is 0 Å². The molecule has 2 aliphatic rings. The van der Waals surface area contributed by atoms with E-state index in [-0.39, 0.29) is 0 Å². The van der Waals surface area contributed by atoms with E-state index in [0.29, 0.717) is 0 Å². The molecule has 0 bridgehead atoms. The maximum Gasteiger partial charge on any atom is 0.0208 e. The number of nitrogens with one attached hydrogen (secondary N) is 1. The Kier molecular flexibility index (Phi) is 4.22. The number of hydrogen-bond donors (Lipinski definition) is 1. The van der Waals surface area contributed by atoms with Crippen LogP contribution in [-0.4, -0.2) is 6.54 Å². The quantitative estimate of drug-likeness (QED) is 0.820. The summed E-state index contributed by atoms with van der Waals surface area (Å²) in [5.41, 5.74) is 3.14. The molecule has 1 aromatic rings. The van der Waals surface area contributed by atoms with Crippen LogP contribution in [0.5, 0.6) is 0 Å². The van der Waals surface area contributed by atoms with E-state index in [1.54, 1.807) is 5.56 Å². The molecule has 1 N–H and O–H groups in total. The lowest BCUT2D eigenvalue weighted by Crippen LogP contribution is -2.26. The predicted octanol–water partition coefficient (Wildman–Crippen LogP) is 4.48. The lowest BCUT2D eigenvalue weighted by atomic mass is 9.82. The first-order valence-electron chi connectivity index (χ1n) is 8.11. The minimum atomic E-state index is 0.868. The van der Waals surface area contributed by atoms with Crippen LogP contribution in [0.1, 0.15) is 62.5 Å². The van der Waals surface area contributed by atoms with E-state index in [0.717, 1.165) is 24.3 Å². The molecule has 1 heteroatoms. The molecule has 0 saturated heterocycles. The molecule has 0 aliphatic heterocycles. The first-order valence-corrected chi connectivity index (χ1v) is 8.11. The highest BCUT2D eigenvalue weighted by atomic mass is 14.9. The van der Waals surface area contributed by atoms with Gasteiger partial charge in [-0.15, -0.1) is 0 Å². The minimum Gasteiger partial charge on any atom is -0.312 e. The van der Waals surface area contributed by atoms with Gasteiger partial charge in [-0.05, 0) is 61.1 Å². The monoisotopic (exact) mass is 257 g/mol. The molecule has 2 fully saturated rings. The molecule has 0 aromatic heterocycles. The fraction of sp³-hybridized carbons (Fsp3) is 0.667. The van der Waals surface area contributed by atoms with Crippen LogP contribution in [0.2, 0.25) is 0 Å². The molecule has 2 unspecified atom stereocenters. The minimum absolute atomic E-state index is 0.868. The summed E-state index contributed by atoms with van der Waals surface area (Å²) in [6, 6.07) is 9.02. The van der Waals surface area contributed by atoms with Crippen LogP contribution in [0.4, 0.5) is 0 Å². The van der Waals surface area contributed by atoms with Gasteiger partial charge < -0.3 is 5.32 Å². The average Bonchev–Trinajstić information content (AvgIpc) is 3.24. The van der Waals surface area contributed by atoms with E-state index in [1.165, 1.54) is 50.6 Å². The molecule has 2 aliphatic carbocycles. The van der Waals surface area contributed by atoms with Crippen molar-refractivity contribution >= 4 is 0 Å². The van der Waals surface area contributed by atoms with E-state index < -0.39 is 0 Å². The zero-order valence-electron chi connectivity index (χ0n) is 12.2. The maximum absolute atomic E-state index is 3.72. The van der Waals surface area contributed by atoms with Gasteiger partial charge in [0.05, 0.1) is 0 Å². The molecule has 0 spiro atoms. The summed E-state index contributed by atoms with van der Waals surface area (Å²) in [7, 11) is 0. The third kappa shape index (κ3) is 3.60. The summed E-state index contributed by atoms with van der Waals surface area (Å²) in [5, 5.41) is 3.72.